The van der Waals surface area contributed by atoms with E-state index in [9.17, 15) is 9.90 Å². The Bertz CT molecular complexity index is 457. The van der Waals surface area contributed by atoms with Crippen LogP contribution in [0.1, 0.15) is 13.8 Å². The average molecular weight is 297 g/mol. The third kappa shape index (κ3) is 3.02. The number of phenols is 1. The Kier molecular flexibility index (Phi) is 4.77. The summed E-state index contributed by atoms with van der Waals surface area (Å²) < 4.78 is 11.0. The van der Waals surface area contributed by atoms with Crippen molar-refractivity contribution in [1.29, 1.82) is 0 Å². The molecule has 110 valence electrons. The number of benzene rings is 1. The Hall–Kier alpha value is -1.40. The molecule has 0 spiro atoms. The summed E-state index contributed by atoms with van der Waals surface area (Å²) in [6, 6.07) is 6.44. The predicted octanol–water partition coefficient (Wildman–Crippen LogP) is 1.76. The fourth-order valence-electron chi connectivity index (χ4n) is 2.11. The second-order valence-electron chi connectivity index (χ2n) is 4.49. The maximum Gasteiger partial charge on any atom is 0.340 e. The minimum atomic E-state index is -0.867. The van der Waals surface area contributed by atoms with E-state index in [2.05, 4.69) is 5.32 Å². The van der Waals surface area contributed by atoms with E-state index in [4.69, 9.17) is 9.47 Å². The maximum absolute atomic E-state index is 12.2. The first-order valence-electron chi connectivity index (χ1n) is 6.60. The first kappa shape index (κ1) is 15.0. The number of carbonyl (C=O) groups excluding carboxylic acids is 1. The van der Waals surface area contributed by atoms with Crippen molar-refractivity contribution in [2.45, 2.75) is 24.8 Å². The van der Waals surface area contributed by atoms with Gasteiger partial charge in [0.1, 0.15) is 17.6 Å². The zero-order valence-electron chi connectivity index (χ0n) is 11.6. The molecule has 0 amide bonds. The van der Waals surface area contributed by atoms with Gasteiger partial charge in [0.25, 0.3) is 0 Å². The summed E-state index contributed by atoms with van der Waals surface area (Å²) in [5.41, 5.74) is 0. The Labute approximate surface area is 122 Å². The Morgan fingerprint density at radius 2 is 2.20 bits per heavy atom. The summed E-state index contributed by atoms with van der Waals surface area (Å²) in [5.74, 6) is 1.32. The zero-order valence-corrected chi connectivity index (χ0v) is 12.4. The molecule has 0 saturated carbocycles. The number of aromatic hydroxyl groups is 1. The summed E-state index contributed by atoms with van der Waals surface area (Å²) in [6.45, 7) is 4.72. The van der Waals surface area contributed by atoms with Crippen LogP contribution in [0.25, 0.3) is 0 Å². The first-order chi connectivity index (χ1) is 9.58. The summed E-state index contributed by atoms with van der Waals surface area (Å²) in [7, 11) is 0. The molecule has 0 radical (unpaired) electrons. The largest absolute Gasteiger partial charge is 0.508 e. The van der Waals surface area contributed by atoms with Crippen molar-refractivity contribution in [3.05, 3.63) is 24.3 Å². The smallest absolute Gasteiger partial charge is 0.340 e. The molecule has 2 rings (SSSR count). The lowest BCUT2D eigenvalue weighted by Crippen LogP contribution is -2.56. The summed E-state index contributed by atoms with van der Waals surface area (Å²) in [5, 5.41) is 12.5. The Morgan fingerprint density at radius 1 is 1.50 bits per heavy atom. The van der Waals surface area contributed by atoms with Crippen molar-refractivity contribution in [2.24, 2.45) is 0 Å². The molecule has 1 aromatic rings. The van der Waals surface area contributed by atoms with Gasteiger partial charge in [-0.3, -0.25) is 5.32 Å². The average Bonchev–Trinajstić information content (AvgIpc) is 2.92. The molecule has 1 heterocycles. The lowest BCUT2D eigenvalue weighted by atomic mass is 10.1. The monoisotopic (exact) mass is 297 g/mol. The van der Waals surface area contributed by atoms with Crippen LogP contribution in [0.4, 0.5) is 0 Å². The fraction of sp³-hybridized carbons (Fsp3) is 0.500. The molecule has 1 fully saturated rings. The van der Waals surface area contributed by atoms with E-state index < -0.39 is 11.0 Å². The summed E-state index contributed by atoms with van der Waals surface area (Å²) in [6.07, 6.45) is -0.390. The Balaban J connectivity index is 2.13. The van der Waals surface area contributed by atoms with Crippen LogP contribution in [0, 0.1) is 0 Å². The minimum absolute atomic E-state index is 0.179. The van der Waals surface area contributed by atoms with E-state index in [-0.39, 0.29) is 11.7 Å². The van der Waals surface area contributed by atoms with E-state index in [1.54, 1.807) is 31.2 Å². The van der Waals surface area contributed by atoms with Gasteiger partial charge in [-0.05, 0) is 38.1 Å². The van der Waals surface area contributed by atoms with Crippen LogP contribution >= 0.6 is 11.8 Å². The van der Waals surface area contributed by atoms with E-state index in [1.807, 2.05) is 6.92 Å². The van der Waals surface area contributed by atoms with Crippen LogP contribution in [-0.2, 0) is 9.53 Å². The number of phenolic OH excluding ortho intramolecular Hbond substituents is 1. The third-order valence-electron chi connectivity index (χ3n) is 3.12. The molecule has 0 aromatic heterocycles. The molecule has 5 nitrogen and oxygen atoms in total. The maximum atomic E-state index is 12.2. The van der Waals surface area contributed by atoms with E-state index in [0.29, 0.717) is 12.4 Å². The molecule has 2 atom stereocenters. The number of nitrogens with one attached hydrogen (secondary N) is 1. The molecular formula is C14H19NO4S. The highest BCUT2D eigenvalue weighted by atomic mass is 32.2. The molecule has 1 aliphatic rings. The second-order valence-corrected chi connectivity index (χ2v) is 5.83. The number of thioether (sulfide) groups is 1. The lowest BCUT2D eigenvalue weighted by Gasteiger charge is -2.32. The van der Waals surface area contributed by atoms with Crippen molar-refractivity contribution in [3.8, 4) is 11.5 Å². The van der Waals surface area contributed by atoms with Gasteiger partial charge < -0.3 is 14.6 Å². The fourth-order valence-corrected chi connectivity index (χ4v) is 3.30. The van der Waals surface area contributed by atoms with E-state index in [0.717, 1.165) is 12.3 Å². The number of carbonyl (C=O) groups is 1. The summed E-state index contributed by atoms with van der Waals surface area (Å²) >= 11 is 1.51. The van der Waals surface area contributed by atoms with Crippen LogP contribution in [-0.4, -0.2) is 41.0 Å². The predicted molar refractivity (Wildman–Crippen MR) is 78.0 cm³/mol. The van der Waals surface area contributed by atoms with Crippen molar-refractivity contribution in [2.75, 3.05) is 18.9 Å². The topological polar surface area (TPSA) is 67.8 Å². The molecule has 2 N–H and O–H groups in total. The van der Waals surface area contributed by atoms with Crippen LogP contribution in [0.2, 0.25) is 0 Å². The molecule has 1 saturated heterocycles. The summed E-state index contributed by atoms with van der Waals surface area (Å²) in [4.78, 5) is 11.4. The van der Waals surface area contributed by atoms with Gasteiger partial charge in [0, 0.05) is 12.3 Å². The quantitative estimate of drug-likeness (QED) is 0.807. The van der Waals surface area contributed by atoms with Gasteiger partial charge in [-0.2, -0.15) is 0 Å². The van der Waals surface area contributed by atoms with Crippen molar-refractivity contribution < 1.29 is 19.4 Å². The molecule has 0 bridgehead atoms. The standard InChI is InChI=1S/C14H19NO4S/c1-3-18-13(17)14(15-8-9-20-14)10(2)19-12-6-4-11(16)5-7-12/h4-7,10,15-16H,3,8-9H2,1-2H3. The Morgan fingerprint density at radius 3 is 2.75 bits per heavy atom. The van der Waals surface area contributed by atoms with Gasteiger partial charge >= 0.3 is 5.97 Å². The highest BCUT2D eigenvalue weighted by molar-refractivity contribution is 8.01. The van der Waals surface area contributed by atoms with Crippen LogP contribution in [0.5, 0.6) is 11.5 Å². The molecule has 2 unspecified atom stereocenters. The number of esters is 1. The third-order valence-corrected chi connectivity index (χ3v) is 4.63. The normalized spacial score (nSPS) is 23.3. The van der Waals surface area contributed by atoms with Gasteiger partial charge in [0.2, 0.25) is 4.87 Å². The number of hydrogen-bond acceptors (Lipinski definition) is 6. The van der Waals surface area contributed by atoms with E-state index >= 15 is 0 Å². The molecule has 1 aliphatic heterocycles. The molecular weight excluding hydrogens is 278 g/mol. The second kappa shape index (κ2) is 6.37. The zero-order chi connectivity index (χ0) is 14.6. The van der Waals surface area contributed by atoms with Crippen molar-refractivity contribution >= 4 is 17.7 Å². The van der Waals surface area contributed by atoms with Gasteiger partial charge in [-0.15, -0.1) is 11.8 Å². The minimum Gasteiger partial charge on any atom is -0.508 e. The lowest BCUT2D eigenvalue weighted by molar-refractivity contribution is -0.149. The van der Waals surface area contributed by atoms with E-state index in [1.165, 1.54) is 11.8 Å². The molecule has 6 heteroatoms. The number of ether oxygens (including phenoxy) is 2. The molecule has 1 aromatic carbocycles. The van der Waals surface area contributed by atoms with Crippen LogP contribution in [0.3, 0.4) is 0 Å². The van der Waals surface area contributed by atoms with Gasteiger partial charge in [-0.25, -0.2) is 4.79 Å². The molecule has 20 heavy (non-hydrogen) atoms. The van der Waals surface area contributed by atoms with Crippen LogP contribution < -0.4 is 10.1 Å². The highest BCUT2D eigenvalue weighted by Crippen LogP contribution is 2.34. The number of hydrogen-bond donors (Lipinski definition) is 2. The van der Waals surface area contributed by atoms with Gasteiger partial charge in [-0.1, -0.05) is 0 Å². The van der Waals surface area contributed by atoms with Gasteiger partial charge in [0.05, 0.1) is 6.61 Å². The SMILES string of the molecule is CCOC(=O)C1(C(C)Oc2ccc(O)cc2)NCCS1. The van der Waals surface area contributed by atoms with Crippen molar-refractivity contribution in [3.63, 3.8) is 0 Å². The highest BCUT2D eigenvalue weighted by Gasteiger charge is 2.49. The number of rotatable bonds is 5. The van der Waals surface area contributed by atoms with Crippen LogP contribution in [0.15, 0.2) is 24.3 Å². The van der Waals surface area contributed by atoms with Gasteiger partial charge in [0.15, 0.2) is 0 Å². The van der Waals surface area contributed by atoms with Crippen molar-refractivity contribution in [1.82, 2.24) is 5.32 Å². The molecule has 0 aliphatic carbocycles. The first-order valence-corrected chi connectivity index (χ1v) is 7.59.